The molecule has 3 aromatic heterocycles. The molecule has 11 heteroatoms. The summed E-state index contributed by atoms with van der Waals surface area (Å²) in [6, 6.07) is 7.95. The van der Waals surface area contributed by atoms with Crippen molar-refractivity contribution in [2.24, 2.45) is 7.05 Å². The van der Waals surface area contributed by atoms with Crippen molar-refractivity contribution in [3.63, 3.8) is 0 Å². The van der Waals surface area contributed by atoms with Crippen molar-refractivity contribution >= 4 is 27.7 Å². The van der Waals surface area contributed by atoms with E-state index < -0.39 is 10.0 Å². The van der Waals surface area contributed by atoms with Crippen LogP contribution >= 0.6 is 0 Å². The second-order valence-electron chi connectivity index (χ2n) is 6.93. The lowest BCUT2D eigenvalue weighted by Crippen LogP contribution is -2.13. The molecule has 0 aliphatic heterocycles. The largest absolute Gasteiger partial charge is 0.428 e. The van der Waals surface area contributed by atoms with E-state index in [2.05, 4.69) is 30.0 Å². The molecule has 0 fully saturated rings. The molecular weight excluding hydrogens is 418 g/mol. The Kier molecular flexibility index (Phi) is 5.19. The van der Waals surface area contributed by atoms with Crippen LogP contribution in [0.4, 0.5) is 17.7 Å². The average molecular weight is 440 g/mol. The van der Waals surface area contributed by atoms with Gasteiger partial charge < -0.3 is 14.3 Å². The molecule has 0 bridgehead atoms. The van der Waals surface area contributed by atoms with Crippen LogP contribution in [0.1, 0.15) is 17.3 Å². The zero-order chi connectivity index (χ0) is 22.2. The quantitative estimate of drug-likeness (QED) is 0.468. The molecule has 0 spiro atoms. The number of hydrogen-bond donors (Lipinski definition) is 2. The van der Waals surface area contributed by atoms with Gasteiger partial charge in [0, 0.05) is 18.9 Å². The minimum Gasteiger partial charge on any atom is -0.428 e. The monoisotopic (exact) mass is 439 g/mol. The summed E-state index contributed by atoms with van der Waals surface area (Å²) in [7, 11) is -1.91. The van der Waals surface area contributed by atoms with E-state index in [1.54, 1.807) is 44.4 Å². The van der Waals surface area contributed by atoms with Crippen LogP contribution in [-0.2, 0) is 17.1 Å². The SMILES string of the molecule is Cc1nc(NS(=O)(=O)c2ccc(Nc3nccc(-c4cnc(C)n4C)n3)cc2)oc1C. The molecule has 1 aromatic carbocycles. The number of aryl methyl sites for hydroxylation is 3. The highest BCUT2D eigenvalue weighted by atomic mass is 32.2. The Balaban J connectivity index is 1.51. The number of aromatic nitrogens is 5. The predicted molar refractivity (Wildman–Crippen MR) is 115 cm³/mol. The third-order valence-corrected chi connectivity index (χ3v) is 6.15. The molecule has 2 N–H and O–H groups in total. The molecule has 160 valence electrons. The molecule has 0 atom stereocenters. The molecule has 0 amide bonds. The van der Waals surface area contributed by atoms with Crippen LogP contribution in [0.5, 0.6) is 0 Å². The van der Waals surface area contributed by atoms with Crippen LogP contribution in [0.3, 0.4) is 0 Å². The summed E-state index contributed by atoms with van der Waals surface area (Å²) in [6.07, 6.45) is 3.40. The third kappa shape index (κ3) is 4.26. The van der Waals surface area contributed by atoms with E-state index in [0.717, 1.165) is 17.2 Å². The molecule has 0 aliphatic carbocycles. The number of imidazole rings is 1. The first-order chi connectivity index (χ1) is 14.7. The number of sulfonamides is 1. The molecule has 0 saturated carbocycles. The van der Waals surface area contributed by atoms with Gasteiger partial charge in [-0.3, -0.25) is 0 Å². The Labute approximate surface area is 179 Å². The minimum atomic E-state index is -3.83. The van der Waals surface area contributed by atoms with Gasteiger partial charge >= 0.3 is 6.01 Å². The molecular formula is C20H21N7O3S. The number of oxazole rings is 1. The van der Waals surface area contributed by atoms with Gasteiger partial charge in [-0.2, -0.15) is 4.98 Å². The van der Waals surface area contributed by atoms with Crippen LogP contribution < -0.4 is 10.0 Å². The summed E-state index contributed by atoms with van der Waals surface area (Å²) in [5.74, 6) is 1.82. The molecule has 0 aliphatic rings. The maximum absolute atomic E-state index is 12.6. The van der Waals surface area contributed by atoms with Gasteiger partial charge in [-0.1, -0.05) is 0 Å². The molecule has 0 radical (unpaired) electrons. The van der Waals surface area contributed by atoms with Gasteiger partial charge in [0.05, 0.1) is 28.2 Å². The number of rotatable bonds is 6. The standard InChI is InChI=1S/C20H21N7O3S/c1-12-13(2)30-20(23-12)26-31(28,29)16-7-5-15(6-8-16)24-19-21-10-9-17(25-19)18-11-22-14(3)27(18)4/h5-11H,1-4H3,(H,23,26)(H,21,24,25). The Bertz CT molecular complexity index is 1320. The zero-order valence-electron chi connectivity index (χ0n) is 17.4. The summed E-state index contributed by atoms with van der Waals surface area (Å²) in [5.41, 5.74) is 2.86. The zero-order valence-corrected chi connectivity index (χ0v) is 18.2. The lowest BCUT2D eigenvalue weighted by Gasteiger charge is -2.09. The van der Waals surface area contributed by atoms with Crippen LogP contribution in [0.15, 0.2) is 52.0 Å². The second kappa shape index (κ2) is 7.84. The first-order valence-corrected chi connectivity index (χ1v) is 10.9. The van der Waals surface area contributed by atoms with Gasteiger partial charge in [0.2, 0.25) is 5.95 Å². The van der Waals surface area contributed by atoms with Crippen LogP contribution in [0.25, 0.3) is 11.4 Å². The first kappa shape index (κ1) is 20.5. The Hall–Kier alpha value is -3.73. The maximum atomic E-state index is 12.6. The Morgan fingerprint density at radius 1 is 1.00 bits per heavy atom. The topological polar surface area (TPSA) is 128 Å². The Morgan fingerprint density at radius 2 is 1.74 bits per heavy atom. The van der Waals surface area contributed by atoms with E-state index in [4.69, 9.17) is 4.42 Å². The van der Waals surface area contributed by atoms with E-state index in [1.165, 1.54) is 12.1 Å². The van der Waals surface area contributed by atoms with Crippen molar-refractivity contribution in [3.8, 4) is 11.4 Å². The summed E-state index contributed by atoms with van der Waals surface area (Å²) in [6.45, 7) is 5.37. The number of nitrogens with one attached hydrogen (secondary N) is 2. The average Bonchev–Trinajstić information content (AvgIpc) is 3.22. The maximum Gasteiger partial charge on any atom is 0.309 e. The molecule has 0 saturated heterocycles. The fourth-order valence-corrected chi connectivity index (χ4v) is 3.77. The van der Waals surface area contributed by atoms with Crippen LogP contribution in [0, 0.1) is 20.8 Å². The summed E-state index contributed by atoms with van der Waals surface area (Å²) in [5, 5.41) is 3.08. The van der Waals surface area contributed by atoms with E-state index >= 15 is 0 Å². The van der Waals surface area contributed by atoms with E-state index in [-0.39, 0.29) is 10.9 Å². The lowest BCUT2D eigenvalue weighted by molar-refractivity contribution is 0.542. The molecule has 0 unspecified atom stereocenters. The summed E-state index contributed by atoms with van der Waals surface area (Å²) < 4.78 is 34.7. The summed E-state index contributed by atoms with van der Waals surface area (Å²) in [4.78, 5) is 17.1. The predicted octanol–water partition coefficient (Wildman–Crippen LogP) is 3.33. The van der Waals surface area contributed by atoms with Crippen molar-refractivity contribution in [1.82, 2.24) is 24.5 Å². The highest BCUT2D eigenvalue weighted by Crippen LogP contribution is 2.22. The number of anilines is 3. The van der Waals surface area contributed by atoms with Gasteiger partial charge in [-0.15, -0.1) is 0 Å². The molecule has 4 rings (SSSR count). The molecule has 4 aromatic rings. The highest BCUT2D eigenvalue weighted by molar-refractivity contribution is 7.92. The van der Waals surface area contributed by atoms with Crippen molar-refractivity contribution in [3.05, 3.63) is 60.0 Å². The highest BCUT2D eigenvalue weighted by Gasteiger charge is 2.18. The molecule has 10 nitrogen and oxygen atoms in total. The van der Waals surface area contributed by atoms with Gasteiger partial charge in [-0.25, -0.2) is 28.1 Å². The van der Waals surface area contributed by atoms with Gasteiger partial charge in [0.15, 0.2) is 0 Å². The summed E-state index contributed by atoms with van der Waals surface area (Å²) >= 11 is 0. The number of nitrogens with zero attached hydrogens (tertiary/aromatic N) is 5. The fraction of sp³-hybridized carbons (Fsp3) is 0.200. The van der Waals surface area contributed by atoms with Crippen LogP contribution in [0.2, 0.25) is 0 Å². The van der Waals surface area contributed by atoms with Gasteiger partial charge in [0.1, 0.15) is 11.6 Å². The number of hydrogen-bond acceptors (Lipinski definition) is 8. The fourth-order valence-electron chi connectivity index (χ4n) is 2.84. The van der Waals surface area contributed by atoms with Gasteiger partial charge in [-0.05, 0) is 51.1 Å². The van der Waals surface area contributed by atoms with E-state index in [0.29, 0.717) is 23.1 Å². The van der Waals surface area contributed by atoms with Crippen molar-refractivity contribution in [1.29, 1.82) is 0 Å². The second-order valence-corrected chi connectivity index (χ2v) is 8.61. The first-order valence-electron chi connectivity index (χ1n) is 9.38. The molecule has 3 heterocycles. The van der Waals surface area contributed by atoms with Crippen molar-refractivity contribution in [2.45, 2.75) is 25.7 Å². The molecule has 31 heavy (non-hydrogen) atoms. The minimum absolute atomic E-state index is 0.0622. The smallest absolute Gasteiger partial charge is 0.309 e. The van der Waals surface area contributed by atoms with E-state index in [9.17, 15) is 8.42 Å². The van der Waals surface area contributed by atoms with E-state index in [1.807, 2.05) is 18.5 Å². The van der Waals surface area contributed by atoms with Crippen molar-refractivity contribution in [2.75, 3.05) is 10.0 Å². The Morgan fingerprint density at radius 3 is 2.35 bits per heavy atom. The normalized spacial score (nSPS) is 11.5. The van der Waals surface area contributed by atoms with Crippen LogP contribution in [-0.4, -0.2) is 32.9 Å². The lowest BCUT2D eigenvalue weighted by atomic mass is 10.3. The number of benzene rings is 1. The van der Waals surface area contributed by atoms with Gasteiger partial charge in [0.25, 0.3) is 10.0 Å². The van der Waals surface area contributed by atoms with Crippen molar-refractivity contribution < 1.29 is 12.8 Å². The third-order valence-electron chi connectivity index (χ3n) is 4.81.